The van der Waals surface area contributed by atoms with Crippen LogP contribution in [-0.2, 0) is 44.0 Å². The Morgan fingerprint density at radius 1 is 1.00 bits per heavy atom. The van der Waals surface area contributed by atoms with Crippen molar-refractivity contribution in [2.24, 2.45) is 0 Å². The summed E-state index contributed by atoms with van der Waals surface area (Å²) < 4.78 is 34.1. The van der Waals surface area contributed by atoms with Gasteiger partial charge in [0.25, 0.3) is 0 Å². The van der Waals surface area contributed by atoms with Crippen LogP contribution in [-0.4, -0.2) is 17.5 Å². The normalized spacial score (nSPS) is 8.29. The van der Waals surface area contributed by atoms with Crippen molar-refractivity contribution < 1.29 is 51.1 Å². The van der Waals surface area contributed by atoms with Crippen LogP contribution in [0.15, 0.2) is 0 Å². The molecule has 0 aliphatic rings. The molecule has 0 heterocycles. The Balaban J connectivity index is -0.0000000800. The SMILES string of the molecule is O=S(=O)([O-])[O-].[Co+].[Co+]. The van der Waals surface area contributed by atoms with Crippen LogP contribution in [0.4, 0.5) is 0 Å². The molecule has 0 atom stereocenters. The Labute approximate surface area is 61.6 Å². The van der Waals surface area contributed by atoms with E-state index in [9.17, 15) is 0 Å². The van der Waals surface area contributed by atoms with Gasteiger partial charge in [0.2, 0.25) is 0 Å². The standard InChI is InChI=1S/2Co.H2O4S/c;;1-5(2,3)4/h;;(H2,1,2,3,4)/q2*+1;/p-2. The van der Waals surface area contributed by atoms with Gasteiger partial charge in [-0.15, -0.1) is 0 Å². The Morgan fingerprint density at radius 2 is 1.00 bits per heavy atom. The average Bonchev–Trinajstić information content (AvgIpc) is 0.722. The van der Waals surface area contributed by atoms with E-state index >= 15 is 0 Å². The third-order valence-corrected chi connectivity index (χ3v) is 0. The van der Waals surface area contributed by atoms with Crippen LogP contribution in [0.3, 0.4) is 0 Å². The van der Waals surface area contributed by atoms with Gasteiger partial charge in [-0.25, -0.2) is 0 Å². The number of rotatable bonds is 0. The fourth-order valence-corrected chi connectivity index (χ4v) is 0. The molecule has 0 aliphatic carbocycles. The molecular formula is Co2O4S. The predicted octanol–water partition coefficient (Wildman–Crippen LogP) is -1.34. The van der Waals surface area contributed by atoms with Gasteiger partial charge in [0.15, 0.2) is 0 Å². The molecule has 7 heteroatoms. The van der Waals surface area contributed by atoms with Crippen LogP contribution < -0.4 is 0 Å². The van der Waals surface area contributed by atoms with Crippen LogP contribution in [0.2, 0.25) is 0 Å². The smallest absolute Gasteiger partial charge is 0.759 e. The molecule has 0 rings (SSSR count). The van der Waals surface area contributed by atoms with E-state index in [1.807, 2.05) is 0 Å². The molecule has 0 aromatic heterocycles. The van der Waals surface area contributed by atoms with Gasteiger partial charge in [-0.3, -0.25) is 8.42 Å². The van der Waals surface area contributed by atoms with E-state index in [2.05, 4.69) is 0 Å². The van der Waals surface area contributed by atoms with Crippen molar-refractivity contribution in [3.8, 4) is 0 Å². The zero-order valence-electron chi connectivity index (χ0n) is 2.71. The monoisotopic (exact) mass is 214 g/mol. The fourth-order valence-electron chi connectivity index (χ4n) is 0. The zero-order valence-corrected chi connectivity index (χ0v) is 5.61. The largest absolute Gasteiger partial charge is 1.00 e. The minimum atomic E-state index is -5.17. The van der Waals surface area contributed by atoms with E-state index in [1.54, 1.807) is 0 Å². The second-order valence-electron chi connectivity index (χ2n) is 0.408. The first-order valence-corrected chi connectivity index (χ1v) is 2.00. The Kier molecular flexibility index (Phi) is 11.3. The average molecular weight is 214 g/mol. The summed E-state index contributed by atoms with van der Waals surface area (Å²) in [5, 5.41) is 0. The Morgan fingerprint density at radius 3 is 1.00 bits per heavy atom. The summed E-state index contributed by atoms with van der Waals surface area (Å²) in [5.74, 6) is 0. The molecule has 0 bridgehead atoms. The van der Waals surface area contributed by atoms with Gasteiger partial charge in [0, 0.05) is 10.4 Å². The van der Waals surface area contributed by atoms with Gasteiger partial charge in [-0.1, -0.05) is 0 Å². The maximum absolute atomic E-state index is 8.52. The molecule has 0 aromatic carbocycles. The quantitative estimate of drug-likeness (QED) is 0.369. The molecule has 0 aliphatic heterocycles. The summed E-state index contributed by atoms with van der Waals surface area (Å²) in [4.78, 5) is 0. The molecule has 0 aromatic rings. The summed E-state index contributed by atoms with van der Waals surface area (Å²) >= 11 is 0. The van der Waals surface area contributed by atoms with Crippen LogP contribution in [0, 0.1) is 0 Å². The molecule has 0 unspecified atom stereocenters. The maximum Gasteiger partial charge on any atom is 1.00 e. The molecule has 0 radical (unpaired) electrons. The van der Waals surface area contributed by atoms with Gasteiger partial charge in [0.1, 0.15) is 0 Å². The van der Waals surface area contributed by atoms with Gasteiger partial charge in [-0.05, 0) is 0 Å². The van der Waals surface area contributed by atoms with Crippen LogP contribution in [0.25, 0.3) is 0 Å². The summed E-state index contributed by atoms with van der Waals surface area (Å²) in [6.45, 7) is 0. The number of hydrogen-bond acceptors (Lipinski definition) is 4. The minimum absolute atomic E-state index is 0. The third kappa shape index (κ3) is 210. The van der Waals surface area contributed by atoms with Gasteiger partial charge < -0.3 is 9.11 Å². The van der Waals surface area contributed by atoms with Gasteiger partial charge in [0.05, 0.1) is 0 Å². The van der Waals surface area contributed by atoms with Crippen molar-refractivity contribution in [3.63, 3.8) is 0 Å². The maximum atomic E-state index is 8.52. The van der Waals surface area contributed by atoms with Crippen molar-refractivity contribution in [1.29, 1.82) is 0 Å². The van der Waals surface area contributed by atoms with Crippen LogP contribution in [0.1, 0.15) is 0 Å². The van der Waals surface area contributed by atoms with Gasteiger partial charge in [-0.2, -0.15) is 0 Å². The zero-order chi connectivity index (χ0) is 4.50. The minimum Gasteiger partial charge on any atom is -0.759 e. The first kappa shape index (κ1) is 15.7. The van der Waals surface area contributed by atoms with E-state index in [0.29, 0.717) is 0 Å². The Bertz CT molecular complexity index is 92.9. The predicted molar refractivity (Wildman–Crippen MR) is 10.5 cm³/mol. The van der Waals surface area contributed by atoms with E-state index in [0.717, 1.165) is 0 Å². The first-order chi connectivity index (χ1) is 2.00. The summed E-state index contributed by atoms with van der Waals surface area (Å²) in [6, 6.07) is 0. The summed E-state index contributed by atoms with van der Waals surface area (Å²) in [5.41, 5.74) is 0. The van der Waals surface area contributed by atoms with E-state index < -0.39 is 10.4 Å². The topological polar surface area (TPSA) is 80.3 Å². The van der Waals surface area contributed by atoms with Crippen molar-refractivity contribution in [1.82, 2.24) is 0 Å². The number of hydrogen-bond donors (Lipinski definition) is 0. The first-order valence-electron chi connectivity index (χ1n) is 0.667. The molecule has 4 nitrogen and oxygen atoms in total. The van der Waals surface area contributed by atoms with E-state index in [4.69, 9.17) is 17.5 Å². The van der Waals surface area contributed by atoms with Crippen LogP contribution in [0.5, 0.6) is 0 Å². The second-order valence-corrected chi connectivity index (χ2v) is 1.22. The molecule has 0 amide bonds. The molecule has 7 heavy (non-hydrogen) atoms. The van der Waals surface area contributed by atoms with Gasteiger partial charge >= 0.3 is 33.6 Å². The molecule has 0 saturated carbocycles. The van der Waals surface area contributed by atoms with Crippen molar-refractivity contribution in [2.75, 3.05) is 0 Å². The molecule has 48 valence electrons. The fraction of sp³-hybridized carbons (Fsp3) is 0. The molecular weight excluding hydrogens is 214 g/mol. The summed E-state index contributed by atoms with van der Waals surface area (Å²) in [6.07, 6.45) is 0. The van der Waals surface area contributed by atoms with Crippen molar-refractivity contribution in [3.05, 3.63) is 0 Å². The third-order valence-electron chi connectivity index (χ3n) is 0. The van der Waals surface area contributed by atoms with Crippen molar-refractivity contribution >= 4 is 10.4 Å². The van der Waals surface area contributed by atoms with E-state index in [-0.39, 0.29) is 33.6 Å². The molecule has 0 N–H and O–H groups in total. The van der Waals surface area contributed by atoms with Crippen LogP contribution >= 0.6 is 0 Å². The van der Waals surface area contributed by atoms with E-state index in [1.165, 1.54) is 0 Å². The van der Waals surface area contributed by atoms with Crippen molar-refractivity contribution in [2.45, 2.75) is 0 Å². The Hall–Kier alpha value is 0.883. The second kappa shape index (κ2) is 5.03. The molecule has 0 spiro atoms. The molecule has 0 saturated heterocycles. The molecule has 0 fully saturated rings. The summed E-state index contributed by atoms with van der Waals surface area (Å²) in [7, 11) is -5.17.